The lowest BCUT2D eigenvalue weighted by Gasteiger charge is -2.22. The average molecular weight is 371 g/mol. The van der Waals surface area contributed by atoms with E-state index in [0.717, 1.165) is 19.3 Å². The molecule has 0 spiro atoms. The first kappa shape index (κ1) is 18.7. The maximum Gasteiger partial charge on any atom is 0.291 e. The lowest BCUT2D eigenvalue weighted by molar-refractivity contribution is -0.0395. The van der Waals surface area contributed by atoms with Gasteiger partial charge in [0, 0.05) is 13.2 Å². The molecule has 1 aliphatic heterocycles. The Hall–Kier alpha value is -3.12. The molecule has 0 saturated carbocycles. The molecular weight excluding hydrogens is 350 g/mol. The third-order valence-corrected chi connectivity index (χ3v) is 4.13. The largest absolute Gasteiger partial charge is 0.456 e. The molecule has 2 aromatic rings. The smallest absolute Gasteiger partial charge is 0.291 e. The van der Waals surface area contributed by atoms with Crippen LogP contribution in [0.25, 0.3) is 0 Å². The summed E-state index contributed by atoms with van der Waals surface area (Å²) in [4.78, 5) is 24.8. The van der Waals surface area contributed by atoms with Gasteiger partial charge in [-0.15, -0.1) is 0 Å². The number of nitriles is 1. The van der Waals surface area contributed by atoms with Crippen molar-refractivity contribution in [3.05, 3.63) is 35.5 Å². The Labute approximate surface area is 156 Å². The van der Waals surface area contributed by atoms with Crippen LogP contribution in [-0.4, -0.2) is 34.7 Å². The van der Waals surface area contributed by atoms with Gasteiger partial charge in [0.2, 0.25) is 0 Å². The van der Waals surface area contributed by atoms with Crippen LogP contribution >= 0.6 is 0 Å². The van der Waals surface area contributed by atoms with E-state index in [9.17, 15) is 9.59 Å². The number of rotatable bonds is 6. The highest BCUT2D eigenvalue weighted by Gasteiger charge is 2.24. The van der Waals surface area contributed by atoms with Crippen molar-refractivity contribution in [1.29, 1.82) is 5.26 Å². The molecule has 1 atom stereocenters. The molecule has 9 heteroatoms. The minimum absolute atomic E-state index is 0.0683. The summed E-state index contributed by atoms with van der Waals surface area (Å²) in [6.45, 7) is 2.57. The monoisotopic (exact) mass is 371 g/mol. The zero-order chi connectivity index (χ0) is 19.2. The topological polar surface area (TPSA) is 122 Å². The van der Waals surface area contributed by atoms with Gasteiger partial charge in [-0.1, -0.05) is 0 Å². The number of aryl methyl sites for hydroxylation is 1. The van der Waals surface area contributed by atoms with E-state index in [0.29, 0.717) is 12.4 Å². The number of amides is 2. The van der Waals surface area contributed by atoms with Crippen molar-refractivity contribution in [2.45, 2.75) is 38.8 Å². The zero-order valence-electron chi connectivity index (χ0n) is 15.0. The second kappa shape index (κ2) is 8.51. The Morgan fingerprint density at radius 3 is 2.89 bits per heavy atom. The second-order valence-corrected chi connectivity index (χ2v) is 6.22. The molecule has 2 amide bonds. The van der Waals surface area contributed by atoms with E-state index in [1.807, 2.05) is 6.07 Å². The molecule has 0 radical (unpaired) electrons. The van der Waals surface area contributed by atoms with Gasteiger partial charge < -0.3 is 19.8 Å². The third kappa shape index (κ3) is 4.54. The van der Waals surface area contributed by atoms with Gasteiger partial charge in [-0.05, 0) is 38.3 Å². The molecule has 0 aliphatic carbocycles. The summed E-state index contributed by atoms with van der Waals surface area (Å²) in [6, 6.07) is 5.21. The number of hydrogen-bond donors (Lipinski definition) is 2. The summed E-state index contributed by atoms with van der Waals surface area (Å²) in [7, 11) is 0. The average Bonchev–Trinajstić information content (AvgIpc) is 3.29. The Morgan fingerprint density at radius 1 is 1.37 bits per heavy atom. The standard InChI is InChI=1S/C18H21N5O4/c1-12-6-7-14(27-12)17(24)21-13-11-23(15-5-2-3-10-26-15)22-16(13)18(25)20-9-4-8-19/h6-7,11,15H,2-5,9-10H2,1H3,(H,20,25)(H,21,24). The van der Waals surface area contributed by atoms with Gasteiger partial charge in [-0.25, -0.2) is 4.68 Å². The van der Waals surface area contributed by atoms with Crippen LogP contribution in [0.15, 0.2) is 22.7 Å². The van der Waals surface area contributed by atoms with Gasteiger partial charge in [0.1, 0.15) is 12.0 Å². The molecule has 2 aromatic heterocycles. The summed E-state index contributed by atoms with van der Waals surface area (Å²) in [6.07, 6.45) is 4.26. The minimum Gasteiger partial charge on any atom is -0.456 e. The summed E-state index contributed by atoms with van der Waals surface area (Å²) in [5.74, 6) is -0.185. The Morgan fingerprint density at radius 2 is 2.22 bits per heavy atom. The first-order valence-corrected chi connectivity index (χ1v) is 8.82. The van der Waals surface area contributed by atoms with Crippen LogP contribution in [0.4, 0.5) is 5.69 Å². The molecule has 27 heavy (non-hydrogen) atoms. The summed E-state index contributed by atoms with van der Waals surface area (Å²) < 4.78 is 12.6. The normalized spacial score (nSPS) is 16.5. The molecule has 2 N–H and O–H groups in total. The maximum absolute atomic E-state index is 12.4. The van der Waals surface area contributed by atoms with Gasteiger partial charge in [0.15, 0.2) is 11.5 Å². The Kier molecular flexibility index (Phi) is 5.88. The molecule has 142 valence electrons. The van der Waals surface area contributed by atoms with Gasteiger partial charge in [0.25, 0.3) is 11.8 Å². The van der Waals surface area contributed by atoms with Gasteiger partial charge in [-0.3, -0.25) is 9.59 Å². The minimum atomic E-state index is -0.474. The zero-order valence-corrected chi connectivity index (χ0v) is 15.0. The van der Waals surface area contributed by atoms with Crippen molar-refractivity contribution in [3.8, 4) is 6.07 Å². The molecule has 1 aliphatic rings. The van der Waals surface area contributed by atoms with Crippen LogP contribution in [0.5, 0.6) is 0 Å². The van der Waals surface area contributed by atoms with E-state index < -0.39 is 11.8 Å². The highest BCUT2D eigenvalue weighted by atomic mass is 16.5. The third-order valence-electron chi connectivity index (χ3n) is 4.13. The van der Waals surface area contributed by atoms with Gasteiger partial charge in [0.05, 0.1) is 24.4 Å². The van der Waals surface area contributed by atoms with Crippen LogP contribution in [0, 0.1) is 18.3 Å². The number of hydrogen-bond acceptors (Lipinski definition) is 6. The number of nitrogens with one attached hydrogen (secondary N) is 2. The molecule has 1 saturated heterocycles. The lowest BCUT2D eigenvalue weighted by Crippen LogP contribution is -2.26. The molecule has 0 aromatic carbocycles. The van der Waals surface area contributed by atoms with E-state index in [1.54, 1.807) is 29.9 Å². The summed E-state index contributed by atoms with van der Waals surface area (Å²) in [5, 5.41) is 18.2. The molecule has 1 fully saturated rings. The molecular formula is C18H21N5O4. The van der Waals surface area contributed by atoms with E-state index in [1.165, 1.54) is 0 Å². The lowest BCUT2D eigenvalue weighted by atomic mass is 10.2. The number of aromatic nitrogens is 2. The molecule has 9 nitrogen and oxygen atoms in total. The predicted octanol–water partition coefficient (Wildman–Crippen LogP) is 2.38. The first-order chi connectivity index (χ1) is 13.1. The number of furan rings is 1. The predicted molar refractivity (Wildman–Crippen MR) is 95.0 cm³/mol. The fraction of sp³-hybridized carbons (Fsp3) is 0.444. The van der Waals surface area contributed by atoms with Crippen molar-refractivity contribution < 1.29 is 18.7 Å². The van der Waals surface area contributed by atoms with Crippen LogP contribution < -0.4 is 10.6 Å². The maximum atomic E-state index is 12.4. The molecule has 0 bridgehead atoms. The van der Waals surface area contributed by atoms with Crippen LogP contribution in [0.3, 0.4) is 0 Å². The molecule has 1 unspecified atom stereocenters. The number of anilines is 1. The van der Waals surface area contributed by atoms with Gasteiger partial charge in [-0.2, -0.15) is 10.4 Å². The van der Waals surface area contributed by atoms with Crippen molar-refractivity contribution in [1.82, 2.24) is 15.1 Å². The SMILES string of the molecule is Cc1ccc(C(=O)Nc2cn(C3CCCCO3)nc2C(=O)NCCC#N)o1. The van der Waals surface area contributed by atoms with E-state index in [-0.39, 0.29) is 36.3 Å². The fourth-order valence-electron chi connectivity index (χ4n) is 2.79. The van der Waals surface area contributed by atoms with Crippen molar-refractivity contribution in [3.63, 3.8) is 0 Å². The number of carbonyl (C=O) groups is 2. The quantitative estimate of drug-likeness (QED) is 0.752. The van der Waals surface area contributed by atoms with Crippen molar-refractivity contribution >= 4 is 17.5 Å². The number of carbonyl (C=O) groups excluding carboxylic acids is 2. The van der Waals surface area contributed by atoms with Crippen LogP contribution in [-0.2, 0) is 4.74 Å². The fourth-order valence-corrected chi connectivity index (χ4v) is 2.79. The highest BCUT2D eigenvalue weighted by molar-refractivity contribution is 6.07. The van der Waals surface area contributed by atoms with E-state index in [4.69, 9.17) is 14.4 Å². The first-order valence-electron chi connectivity index (χ1n) is 8.82. The van der Waals surface area contributed by atoms with Crippen LogP contribution in [0.1, 0.15) is 58.7 Å². The second-order valence-electron chi connectivity index (χ2n) is 6.22. The Bertz CT molecular complexity index is 857. The summed E-state index contributed by atoms with van der Waals surface area (Å²) >= 11 is 0. The highest BCUT2D eigenvalue weighted by Crippen LogP contribution is 2.25. The Balaban J connectivity index is 1.82. The number of ether oxygens (including phenoxy) is 1. The van der Waals surface area contributed by atoms with Gasteiger partial charge >= 0.3 is 0 Å². The van der Waals surface area contributed by atoms with E-state index in [2.05, 4.69) is 15.7 Å². The summed E-state index contributed by atoms with van der Waals surface area (Å²) in [5.41, 5.74) is 0.330. The number of nitrogens with zero attached hydrogens (tertiary/aromatic N) is 3. The van der Waals surface area contributed by atoms with Crippen molar-refractivity contribution in [2.75, 3.05) is 18.5 Å². The van der Waals surface area contributed by atoms with E-state index >= 15 is 0 Å². The molecule has 3 heterocycles. The van der Waals surface area contributed by atoms with Crippen LogP contribution in [0.2, 0.25) is 0 Å². The molecule has 3 rings (SSSR count). The van der Waals surface area contributed by atoms with Crippen molar-refractivity contribution in [2.24, 2.45) is 0 Å².